The molecule has 0 unspecified atom stereocenters. The Bertz CT molecular complexity index is 513. The van der Waals surface area contributed by atoms with Gasteiger partial charge in [0.05, 0.1) is 12.1 Å². The van der Waals surface area contributed by atoms with Crippen molar-refractivity contribution >= 4 is 5.96 Å². The second-order valence-corrected chi connectivity index (χ2v) is 5.99. The van der Waals surface area contributed by atoms with E-state index in [0.29, 0.717) is 39.1 Å². The van der Waals surface area contributed by atoms with Gasteiger partial charge in [-0.25, -0.2) is 4.39 Å². The van der Waals surface area contributed by atoms with Crippen LogP contribution in [0.15, 0.2) is 29.3 Å². The Morgan fingerprint density at radius 2 is 2.00 bits per heavy atom. The zero-order valence-corrected chi connectivity index (χ0v) is 13.9. The summed E-state index contributed by atoms with van der Waals surface area (Å²) in [6.45, 7) is 4.88. The van der Waals surface area contributed by atoms with E-state index in [1.807, 2.05) is 18.9 Å². The maximum absolute atomic E-state index is 13.0. The minimum absolute atomic E-state index is 0.237. The molecule has 23 heavy (non-hydrogen) atoms. The molecule has 0 atom stereocenters. The first-order chi connectivity index (χ1) is 11.0. The zero-order valence-electron chi connectivity index (χ0n) is 13.9. The maximum Gasteiger partial charge on any atom is 0.194 e. The summed E-state index contributed by atoms with van der Waals surface area (Å²) in [4.78, 5) is 6.55. The highest BCUT2D eigenvalue weighted by atomic mass is 19.1. The minimum Gasteiger partial charge on any atom is -0.388 e. The van der Waals surface area contributed by atoms with Gasteiger partial charge in [0, 0.05) is 46.2 Å². The van der Waals surface area contributed by atoms with Crippen LogP contribution in [0.1, 0.15) is 25.3 Å². The molecule has 0 aromatic heterocycles. The van der Waals surface area contributed by atoms with Gasteiger partial charge in [0.25, 0.3) is 0 Å². The lowest BCUT2D eigenvalue weighted by Gasteiger charge is -2.31. The summed E-state index contributed by atoms with van der Waals surface area (Å²) in [6, 6.07) is 6.44. The molecule has 0 aliphatic carbocycles. The molecule has 0 bridgehead atoms. The monoisotopic (exact) mass is 323 g/mol. The molecular weight excluding hydrogens is 297 g/mol. The number of aliphatic hydroxyl groups is 1. The van der Waals surface area contributed by atoms with E-state index in [1.54, 1.807) is 12.1 Å². The average Bonchev–Trinajstić information content (AvgIpc) is 2.54. The van der Waals surface area contributed by atoms with Gasteiger partial charge < -0.3 is 20.1 Å². The predicted octanol–water partition coefficient (Wildman–Crippen LogP) is 1.76. The number of rotatable bonds is 5. The standard InChI is InChI=1S/C17H26FN3O2/c1-3-19-16(20-13-17(22)8-10-23-11-9-17)21(2)12-14-4-6-15(18)7-5-14/h4-7,22H,3,8-13H2,1-2H3,(H,19,20). The summed E-state index contributed by atoms with van der Waals surface area (Å²) in [7, 11) is 1.93. The number of hydrogen-bond donors (Lipinski definition) is 2. The molecule has 1 fully saturated rings. The maximum atomic E-state index is 13.0. The molecule has 6 heteroatoms. The smallest absolute Gasteiger partial charge is 0.194 e. The van der Waals surface area contributed by atoms with Crippen LogP contribution in [-0.4, -0.2) is 54.9 Å². The van der Waals surface area contributed by atoms with E-state index < -0.39 is 5.60 Å². The van der Waals surface area contributed by atoms with Crippen molar-refractivity contribution in [2.24, 2.45) is 4.99 Å². The van der Waals surface area contributed by atoms with Gasteiger partial charge in [0.15, 0.2) is 5.96 Å². The van der Waals surface area contributed by atoms with Crippen LogP contribution in [0.25, 0.3) is 0 Å². The first-order valence-electron chi connectivity index (χ1n) is 8.06. The van der Waals surface area contributed by atoms with Gasteiger partial charge in [-0.15, -0.1) is 0 Å². The van der Waals surface area contributed by atoms with Crippen LogP contribution >= 0.6 is 0 Å². The number of aliphatic imine (C=N–C) groups is 1. The van der Waals surface area contributed by atoms with E-state index in [4.69, 9.17) is 4.74 Å². The molecule has 0 saturated carbocycles. The third-order valence-electron chi connectivity index (χ3n) is 3.98. The average molecular weight is 323 g/mol. The van der Waals surface area contributed by atoms with Gasteiger partial charge in [-0.05, 0) is 24.6 Å². The third-order valence-corrected chi connectivity index (χ3v) is 3.98. The van der Waals surface area contributed by atoms with Crippen LogP contribution in [-0.2, 0) is 11.3 Å². The first-order valence-corrected chi connectivity index (χ1v) is 8.06. The van der Waals surface area contributed by atoms with E-state index in [2.05, 4.69) is 10.3 Å². The summed E-state index contributed by atoms with van der Waals surface area (Å²) in [5.74, 6) is 0.496. The van der Waals surface area contributed by atoms with Crippen molar-refractivity contribution in [3.8, 4) is 0 Å². The summed E-state index contributed by atoms with van der Waals surface area (Å²) in [5.41, 5.74) is 0.222. The molecule has 0 spiro atoms. The zero-order chi connectivity index (χ0) is 16.7. The Morgan fingerprint density at radius 3 is 2.61 bits per heavy atom. The number of guanidine groups is 1. The van der Waals surface area contributed by atoms with Crippen molar-refractivity contribution in [2.75, 3.05) is 33.4 Å². The Kier molecular flexibility index (Phi) is 6.36. The van der Waals surface area contributed by atoms with Gasteiger partial charge in [-0.2, -0.15) is 0 Å². The molecule has 1 aliphatic heterocycles. The highest BCUT2D eigenvalue weighted by Crippen LogP contribution is 2.20. The Morgan fingerprint density at radius 1 is 1.35 bits per heavy atom. The van der Waals surface area contributed by atoms with Gasteiger partial charge in [-0.3, -0.25) is 4.99 Å². The number of halogens is 1. The van der Waals surface area contributed by atoms with Gasteiger partial charge in [-0.1, -0.05) is 12.1 Å². The normalized spacial score (nSPS) is 17.8. The van der Waals surface area contributed by atoms with Crippen LogP contribution in [0.2, 0.25) is 0 Å². The molecule has 1 aromatic rings. The van der Waals surface area contributed by atoms with Crippen molar-refractivity contribution in [1.82, 2.24) is 10.2 Å². The molecular formula is C17H26FN3O2. The molecule has 5 nitrogen and oxygen atoms in total. The van der Waals surface area contributed by atoms with E-state index in [1.165, 1.54) is 12.1 Å². The van der Waals surface area contributed by atoms with Crippen LogP contribution in [0.3, 0.4) is 0 Å². The van der Waals surface area contributed by atoms with Crippen molar-refractivity contribution in [3.05, 3.63) is 35.6 Å². The Balaban J connectivity index is 2.00. The number of nitrogens with one attached hydrogen (secondary N) is 1. The molecule has 128 valence electrons. The number of hydrogen-bond acceptors (Lipinski definition) is 3. The van der Waals surface area contributed by atoms with Gasteiger partial charge >= 0.3 is 0 Å². The summed E-state index contributed by atoms with van der Waals surface area (Å²) in [5, 5.41) is 13.7. The van der Waals surface area contributed by atoms with Gasteiger partial charge in [0.1, 0.15) is 5.82 Å². The van der Waals surface area contributed by atoms with Crippen LogP contribution < -0.4 is 5.32 Å². The van der Waals surface area contributed by atoms with Crippen molar-refractivity contribution in [1.29, 1.82) is 0 Å². The molecule has 1 aliphatic rings. The molecule has 1 heterocycles. The largest absolute Gasteiger partial charge is 0.388 e. The van der Waals surface area contributed by atoms with Crippen molar-refractivity contribution in [2.45, 2.75) is 31.9 Å². The quantitative estimate of drug-likeness (QED) is 0.640. The Labute approximate surface area is 137 Å². The lowest BCUT2D eigenvalue weighted by Crippen LogP contribution is -2.43. The molecule has 2 rings (SSSR count). The first kappa shape index (κ1) is 17.7. The predicted molar refractivity (Wildman–Crippen MR) is 88.8 cm³/mol. The van der Waals surface area contributed by atoms with Gasteiger partial charge in [0.2, 0.25) is 0 Å². The van der Waals surface area contributed by atoms with Crippen LogP contribution in [0, 0.1) is 5.82 Å². The van der Waals surface area contributed by atoms with Crippen LogP contribution in [0.4, 0.5) is 4.39 Å². The number of nitrogens with zero attached hydrogens (tertiary/aromatic N) is 2. The van der Waals surface area contributed by atoms with E-state index in [0.717, 1.165) is 18.1 Å². The number of benzene rings is 1. The highest BCUT2D eigenvalue weighted by Gasteiger charge is 2.29. The van der Waals surface area contributed by atoms with E-state index in [-0.39, 0.29) is 5.82 Å². The highest BCUT2D eigenvalue weighted by molar-refractivity contribution is 5.79. The fraction of sp³-hybridized carbons (Fsp3) is 0.588. The van der Waals surface area contributed by atoms with Crippen molar-refractivity contribution < 1.29 is 14.2 Å². The summed E-state index contributed by atoms with van der Waals surface area (Å²) < 4.78 is 18.3. The second kappa shape index (κ2) is 8.26. The second-order valence-electron chi connectivity index (χ2n) is 5.99. The molecule has 0 amide bonds. The number of ether oxygens (including phenoxy) is 1. The third kappa shape index (κ3) is 5.48. The van der Waals surface area contributed by atoms with Crippen LogP contribution in [0.5, 0.6) is 0 Å². The fourth-order valence-corrected chi connectivity index (χ4v) is 2.54. The minimum atomic E-state index is -0.782. The molecule has 0 radical (unpaired) electrons. The topological polar surface area (TPSA) is 57.1 Å². The molecule has 1 saturated heterocycles. The molecule has 1 aromatic carbocycles. The fourth-order valence-electron chi connectivity index (χ4n) is 2.54. The Hall–Kier alpha value is -1.66. The van der Waals surface area contributed by atoms with E-state index in [9.17, 15) is 9.50 Å². The van der Waals surface area contributed by atoms with Crippen molar-refractivity contribution in [3.63, 3.8) is 0 Å². The molecule has 2 N–H and O–H groups in total. The summed E-state index contributed by atoms with van der Waals surface area (Å²) >= 11 is 0. The van der Waals surface area contributed by atoms with E-state index >= 15 is 0 Å². The lowest BCUT2D eigenvalue weighted by atomic mass is 9.95. The summed E-state index contributed by atoms with van der Waals surface area (Å²) in [6.07, 6.45) is 1.22. The lowest BCUT2D eigenvalue weighted by molar-refractivity contribution is -0.0566. The SMILES string of the molecule is CCNC(=NCC1(O)CCOCC1)N(C)Cc1ccc(F)cc1.